The number of halogens is 6. The SMILES string of the molecule is C[C@@H](NC(=O)C1(NC(=O)C(F)(F)F)COC1)c1ncc(-c2cc(Cl)cc(F)c2-c2nnn(C)n2)cc1F. The number of carbonyl (C=O) groups excluding carboxylic acids is 2. The average molecular weight is 546 g/mol. The molecule has 2 aromatic heterocycles. The Morgan fingerprint density at radius 3 is 2.43 bits per heavy atom. The van der Waals surface area contributed by atoms with Crippen molar-refractivity contribution in [3.8, 4) is 22.5 Å². The van der Waals surface area contributed by atoms with Crippen molar-refractivity contribution in [2.24, 2.45) is 7.05 Å². The van der Waals surface area contributed by atoms with Crippen LogP contribution >= 0.6 is 11.6 Å². The van der Waals surface area contributed by atoms with Crippen molar-refractivity contribution in [3.63, 3.8) is 0 Å². The molecule has 37 heavy (non-hydrogen) atoms. The number of nitrogens with one attached hydrogen (secondary N) is 2. The number of nitrogens with zero attached hydrogens (tertiary/aromatic N) is 5. The van der Waals surface area contributed by atoms with Gasteiger partial charge in [-0.15, -0.1) is 10.2 Å². The molecule has 4 rings (SSSR count). The van der Waals surface area contributed by atoms with Gasteiger partial charge in [0.05, 0.1) is 37.6 Å². The molecule has 1 saturated heterocycles. The smallest absolute Gasteiger partial charge is 0.375 e. The average Bonchev–Trinajstić information content (AvgIpc) is 3.20. The number of alkyl halides is 3. The Kier molecular flexibility index (Phi) is 6.85. The number of amides is 2. The van der Waals surface area contributed by atoms with Crippen molar-refractivity contribution < 1.29 is 36.3 Å². The van der Waals surface area contributed by atoms with Crippen molar-refractivity contribution in [1.82, 2.24) is 35.8 Å². The van der Waals surface area contributed by atoms with Crippen LogP contribution in [0.15, 0.2) is 24.4 Å². The van der Waals surface area contributed by atoms with E-state index in [1.54, 1.807) is 5.32 Å². The minimum atomic E-state index is -5.21. The Balaban J connectivity index is 1.59. The molecule has 1 aliphatic rings. The summed E-state index contributed by atoms with van der Waals surface area (Å²) in [5.41, 5.74) is -2.11. The molecular weight excluding hydrogens is 529 g/mol. The monoisotopic (exact) mass is 545 g/mol. The zero-order valence-electron chi connectivity index (χ0n) is 19.0. The topological polar surface area (TPSA) is 124 Å². The van der Waals surface area contributed by atoms with Gasteiger partial charge in [-0.3, -0.25) is 14.6 Å². The van der Waals surface area contributed by atoms with Gasteiger partial charge in [0, 0.05) is 16.8 Å². The molecule has 1 aliphatic heterocycles. The number of tetrazole rings is 1. The lowest BCUT2D eigenvalue weighted by molar-refractivity contribution is -0.184. The van der Waals surface area contributed by atoms with E-state index in [0.717, 1.165) is 16.9 Å². The second-order valence-electron chi connectivity index (χ2n) is 8.23. The molecule has 0 aliphatic carbocycles. The predicted octanol–water partition coefficient (Wildman–Crippen LogP) is 2.50. The lowest BCUT2D eigenvalue weighted by atomic mass is 9.95. The molecule has 0 bridgehead atoms. The van der Waals surface area contributed by atoms with Gasteiger partial charge in [0.2, 0.25) is 5.82 Å². The number of hydrogen-bond donors (Lipinski definition) is 2. The molecule has 1 aromatic carbocycles. The van der Waals surface area contributed by atoms with E-state index >= 15 is 4.39 Å². The van der Waals surface area contributed by atoms with Crippen LogP contribution in [0.5, 0.6) is 0 Å². The van der Waals surface area contributed by atoms with Crippen LogP contribution < -0.4 is 10.6 Å². The first-order valence-electron chi connectivity index (χ1n) is 10.5. The zero-order valence-corrected chi connectivity index (χ0v) is 19.8. The Hall–Kier alpha value is -3.72. The molecule has 2 amide bonds. The van der Waals surface area contributed by atoms with Gasteiger partial charge < -0.3 is 15.4 Å². The summed E-state index contributed by atoms with van der Waals surface area (Å²) in [4.78, 5) is 29.1. The lowest BCUT2D eigenvalue weighted by Gasteiger charge is -2.40. The number of carbonyl (C=O) groups is 2. The number of aromatic nitrogens is 5. The maximum atomic E-state index is 15.1. The summed E-state index contributed by atoms with van der Waals surface area (Å²) in [7, 11) is 1.48. The van der Waals surface area contributed by atoms with Crippen LogP contribution in [0, 0.1) is 11.6 Å². The molecule has 3 heterocycles. The maximum Gasteiger partial charge on any atom is 0.471 e. The Morgan fingerprint density at radius 2 is 1.89 bits per heavy atom. The van der Waals surface area contributed by atoms with Gasteiger partial charge in [0.1, 0.15) is 11.6 Å². The van der Waals surface area contributed by atoms with E-state index in [1.807, 2.05) is 0 Å². The highest BCUT2D eigenvalue weighted by Crippen LogP contribution is 2.35. The summed E-state index contributed by atoms with van der Waals surface area (Å²) < 4.78 is 72.7. The molecule has 1 fully saturated rings. The van der Waals surface area contributed by atoms with Gasteiger partial charge in [-0.2, -0.15) is 18.0 Å². The Labute approximate surface area is 210 Å². The third kappa shape index (κ3) is 5.22. The van der Waals surface area contributed by atoms with Gasteiger partial charge >= 0.3 is 12.1 Å². The molecule has 196 valence electrons. The second-order valence-corrected chi connectivity index (χ2v) is 8.66. The zero-order chi connectivity index (χ0) is 27.1. The minimum Gasteiger partial charge on any atom is -0.375 e. The molecular formula is C21H17ClF5N7O3. The fraction of sp³-hybridized carbons (Fsp3) is 0.333. The maximum absolute atomic E-state index is 15.1. The van der Waals surface area contributed by atoms with Crippen LogP contribution in [0.4, 0.5) is 22.0 Å². The predicted molar refractivity (Wildman–Crippen MR) is 117 cm³/mol. The number of pyridine rings is 1. The molecule has 2 N–H and O–H groups in total. The van der Waals surface area contributed by atoms with E-state index in [-0.39, 0.29) is 33.2 Å². The highest BCUT2D eigenvalue weighted by atomic mass is 35.5. The fourth-order valence-electron chi connectivity index (χ4n) is 3.58. The van der Waals surface area contributed by atoms with Crippen molar-refractivity contribution >= 4 is 23.4 Å². The second kappa shape index (κ2) is 9.63. The lowest BCUT2D eigenvalue weighted by Crippen LogP contribution is -2.71. The van der Waals surface area contributed by atoms with Crippen LogP contribution in [-0.2, 0) is 21.4 Å². The fourth-order valence-corrected chi connectivity index (χ4v) is 3.79. The molecule has 0 saturated carbocycles. The molecule has 1 atom stereocenters. The first-order chi connectivity index (χ1) is 17.3. The standard InChI is InChI=1S/C21H17ClF5N7O3/c1-9(29-18(35)20(7-37-8-20)30-19(36)21(25,26)27)16-14(24)3-10(6-28-16)12-4-11(22)5-13(23)15(12)17-31-33-34(2)32-17/h3-6,9H,7-8H2,1-2H3,(H,29,35)(H,30,36)/t9-/m1/s1. The van der Waals surface area contributed by atoms with Crippen molar-refractivity contribution in [1.29, 1.82) is 0 Å². The number of benzene rings is 1. The van der Waals surface area contributed by atoms with Crippen molar-refractivity contribution in [2.75, 3.05) is 13.2 Å². The van der Waals surface area contributed by atoms with Gasteiger partial charge in [-0.05, 0) is 35.9 Å². The van der Waals surface area contributed by atoms with E-state index in [0.29, 0.717) is 0 Å². The summed E-state index contributed by atoms with van der Waals surface area (Å²) in [6, 6.07) is 2.29. The van der Waals surface area contributed by atoms with Crippen LogP contribution in [-0.4, -0.2) is 61.9 Å². The van der Waals surface area contributed by atoms with E-state index < -0.39 is 54.4 Å². The summed E-state index contributed by atoms with van der Waals surface area (Å²) >= 11 is 6.00. The third-order valence-corrected chi connectivity index (χ3v) is 5.69. The van der Waals surface area contributed by atoms with Gasteiger partial charge in [0.25, 0.3) is 5.91 Å². The van der Waals surface area contributed by atoms with Crippen molar-refractivity contribution in [3.05, 3.63) is 46.7 Å². The summed E-state index contributed by atoms with van der Waals surface area (Å²) in [5.74, 6) is -5.10. The summed E-state index contributed by atoms with van der Waals surface area (Å²) in [6.07, 6.45) is -4.02. The minimum absolute atomic E-state index is 0.0131. The van der Waals surface area contributed by atoms with Crippen LogP contribution in [0.25, 0.3) is 22.5 Å². The first kappa shape index (κ1) is 26.3. The van der Waals surface area contributed by atoms with E-state index in [4.69, 9.17) is 16.3 Å². The highest BCUT2D eigenvalue weighted by molar-refractivity contribution is 6.31. The quantitative estimate of drug-likeness (QED) is 0.456. The first-order valence-corrected chi connectivity index (χ1v) is 10.9. The van der Waals surface area contributed by atoms with Crippen LogP contribution in [0.1, 0.15) is 18.7 Å². The number of aryl methyl sites for hydroxylation is 1. The third-order valence-electron chi connectivity index (χ3n) is 5.47. The van der Waals surface area contributed by atoms with Crippen molar-refractivity contribution in [2.45, 2.75) is 24.7 Å². The van der Waals surface area contributed by atoms with Crippen LogP contribution in [0.2, 0.25) is 5.02 Å². The highest BCUT2D eigenvalue weighted by Gasteiger charge is 2.52. The van der Waals surface area contributed by atoms with E-state index in [1.165, 1.54) is 26.2 Å². The molecule has 10 nitrogen and oxygen atoms in total. The molecule has 16 heteroatoms. The van der Waals surface area contributed by atoms with Gasteiger partial charge in [-0.1, -0.05) is 11.6 Å². The molecule has 0 radical (unpaired) electrons. The normalized spacial score (nSPS) is 15.6. The Morgan fingerprint density at radius 1 is 1.19 bits per heavy atom. The largest absolute Gasteiger partial charge is 0.471 e. The van der Waals surface area contributed by atoms with E-state index in [9.17, 15) is 27.2 Å². The van der Waals surface area contributed by atoms with Gasteiger partial charge in [0.15, 0.2) is 5.54 Å². The van der Waals surface area contributed by atoms with Crippen LogP contribution in [0.3, 0.4) is 0 Å². The molecule has 0 unspecified atom stereocenters. The molecule has 0 spiro atoms. The number of hydrogen-bond acceptors (Lipinski definition) is 7. The molecule has 3 aromatic rings. The number of rotatable bonds is 6. The summed E-state index contributed by atoms with van der Waals surface area (Å²) in [6.45, 7) is 0.346. The number of ether oxygens (including phenoxy) is 1. The van der Waals surface area contributed by atoms with E-state index in [2.05, 4.69) is 25.7 Å². The summed E-state index contributed by atoms with van der Waals surface area (Å²) in [5, 5.41) is 15.4. The van der Waals surface area contributed by atoms with Gasteiger partial charge in [-0.25, -0.2) is 8.78 Å². The Bertz CT molecular complexity index is 1380.